The topological polar surface area (TPSA) is 26.8 Å². The Bertz CT molecular complexity index is 835. The summed E-state index contributed by atoms with van der Waals surface area (Å²) >= 11 is 6.00. The summed E-state index contributed by atoms with van der Waals surface area (Å²) in [7, 11) is 0. The molecule has 160 valence electrons. The predicted octanol–water partition coefficient (Wildman–Crippen LogP) is 4.69. The molecule has 2 heterocycles. The van der Waals surface area contributed by atoms with Gasteiger partial charge in [-0.1, -0.05) is 11.6 Å². The van der Waals surface area contributed by atoms with Crippen molar-refractivity contribution >= 4 is 23.2 Å². The second-order valence-corrected chi connectivity index (χ2v) is 8.69. The van der Waals surface area contributed by atoms with Crippen LogP contribution in [0.1, 0.15) is 36.0 Å². The molecule has 6 heteroatoms. The molecule has 2 aromatic rings. The zero-order chi connectivity index (χ0) is 20.9. The Labute approximate surface area is 183 Å². The number of nitrogens with zero attached hydrogens (tertiary/aromatic N) is 3. The lowest BCUT2D eigenvalue weighted by molar-refractivity contribution is 0.0582. The van der Waals surface area contributed by atoms with Gasteiger partial charge in [0.1, 0.15) is 5.82 Å². The van der Waals surface area contributed by atoms with Crippen LogP contribution in [0.4, 0.5) is 10.1 Å². The number of carbonyl (C=O) groups is 1. The van der Waals surface area contributed by atoms with Crippen LogP contribution < -0.4 is 4.90 Å². The lowest BCUT2D eigenvalue weighted by Gasteiger charge is -2.39. The second kappa shape index (κ2) is 9.80. The molecule has 30 heavy (non-hydrogen) atoms. The van der Waals surface area contributed by atoms with Gasteiger partial charge in [-0.3, -0.25) is 9.69 Å². The van der Waals surface area contributed by atoms with Crippen LogP contribution in [0.5, 0.6) is 0 Å². The molecule has 2 aromatic carbocycles. The fourth-order valence-electron chi connectivity index (χ4n) is 4.54. The van der Waals surface area contributed by atoms with E-state index in [1.165, 1.54) is 24.2 Å². The first-order valence-electron chi connectivity index (χ1n) is 10.9. The molecule has 0 spiro atoms. The highest BCUT2D eigenvalue weighted by Gasteiger charge is 2.28. The van der Waals surface area contributed by atoms with E-state index >= 15 is 0 Å². The van der Waals surface area contributed by atoms with Crippen LogP contribution in [0.25, 0.3) is 0 Å². The van der Waals surface area contributed by atoms with Crippen LogP contribution in [0.3, 0.4) is 0 Å². The van der Waals surface area contributed by atoms with Crippen molar-refractivity contribution in [3.8, 4) is 0 Å². The van der Waals surface area contributed by atoms with Crippen LogP contribution in [0.15, 0.2) is 48.5 Å². The van der Waals surface area contributed by atoms with E-state index in [1.54, 1.807) is 12.1 Å². The number of carbonyl (C=O) groups excluding carboxylic acids is 1. The van der Waals surface area contributed by atoms with Crippen molar-refractivity contribution in [2.24, 2.45) is 0 Å². The maximum Gasteiger partial charge on any atom is 0.254 e. The van der Waals surface area contributed by atoms with Gasteiger partial charge in [0.25, 0.3) is 5.91 Å². The highest BCUT2D eigenvalue weighted by atomic mass is 35.5. The average Bonchev–Trinajstić information content (AvgIpc) is 2.79. The molecular weight excluding hydrogens is 401 g/mol. The maximum atomic E-state index is 13.2. The summed E-state index contributed by atoms with van der Waals surface area (Å²) in [5, 5.41) is 0.768. The van der Waals surface area contributed by atoms with Crippen molar-refractivity contribution in [1.29, 1.82) is 0 Å². The average molecular weight is 430 g/mol. The van der Waals surface area contributed by atoms with E-state index in [0.29, 0.717) is 5.56 Å². The van der Waals surface area contributed by atoms with Gasteiger partial charge < -0.3 is 9.80 Å². The number of amides is 1. The molecule has 1 amide bonds. The van der Waals surface area contributed by atoms with Crippen LogP contribution >= 0.6 is 11.6 Å². The molecule has 4 rings (SSSR count). The molecule has 0 radical (unpaired) electrons. The van der Waals surface area contributed by atoms with Gasteiger partial charge >= 0.3 is 0 Å². The first-order valence-corrected chi connectivity index (χ1v) is 11.3. The highest BCUT2D eigenvalue weighted by Crippen LogP contribution is 2.24. The third kappa shape index (κ3) is 5.13. The number of hydrogen-bond donors (Lipinski definition) is 0. The molecule has 0 aliphatic carbocycles. The van der Waals surface area contributed by atoms with E-state index in [-0.39, 0.29) is 17.8 Å². The molecule has 0 bridgehead atoms. The third-order valence-electron chi connectivity index (χ3n) is 6.32. The molecule has 2 fully saturated rings. The molecule has 0 aromatic heterocycles. The van der Waals surface area contributed by atoms with Gasteiger partial charge in [-0.2, -0.15) is 0 Å². The fraction of sp³-hybridized carbons (Fsp3) is 0.458. The van der Waals surface area contributed by atoms with Gasteiger partial charge in [-0.25, -0.2) is 4.39 Å². The predicted molar refractivity (Wildman–Crippen MR) is 120 cm³/mol. The van der Waals surface area contributed by atoms with Crippen LogP contribution in [0, 0.1) is 5.82 Å². The van der Waals surface area contributed by atoms with Gasteiger partial charge in [0.05, 0.1) is 0 Å². The van der Waals surface area contributed by atoms with E-state index in [0.717, 1.165) is 63.6 Å². The van der Waals surface area contributed by atoms with Crippen molar-refractivity contribution in [1.82, 2.24) is 9.80 Å². The fourth-order valence-corrected chi connectivity index (χ4v) is 4.67. The third-order valence-corrected chi connectivity index (χ3v) is 6.57. The number of likely N-dealkylation sites (tertiary alicyclic amines) is 1. The Kier molecular flexibility index (Phi) is 6.90. The zero-order valence-corrected chi connectivity index (χ0v) is 18.0. The summed E-state index contributed by atoms with van der Waals surface area (Å²) in [5.74, 6) is -0.272. The van der Waals surface area contributed by atoms with Crippen LogP contribution in [-0.2, 0) is 0 Å². The van der Waals surface area contributed by atoms with E-state index in [2.05, 4.69) is 21.9 Å². The standard InChI is InChI=1S/C24H29ClFN3O/c25-20-6-10-22(11-7-20)28-17-15-27(16-18-28)14-12-23-3-1-2-13-29(23)24(30)19-4-8-21(26)9-5-19/h4-11,23H,1-3,12-18H2. The minimum absolute atomic E-state index is 0.0345. The Hall–Kier alpha value is -2.11. The molecule has 0 N–H and O–H groups in total. The first-order chi connectivity index (χ1) is 14.6. The SMILES string of the molecule is O=C(c1ccc(F)cc1)N1CCCCC1CCN1CCN(c2ccc(Cl)cc2)CC1. The molecular formula is C24H29ClFN3O. The molecule has 4 nitrogen and oxygen atoms in total. The smallest absolute Gasteiger partial charge is 0.254 e. The highest BCUT2D eigenvalue weighted by molar-refractivity contribution is 6.30. The molecule has 2 saturated heterocycles. The molecule has 1 atom stereocenters. The van der Waals surface area contributed by atoms with Gasteiger partial charge in [0, 0.05) is 61.6 Å². The van der Waals surface area contributed by atoms with Crippen molar-refractivity contribution in [3.63, 3.8) is 0 Å². The monoisotopic (exact) mass is 429 g/mol. The Morgan fingerprint density at radius 3 is 2.33 bits per heavy atom. The van der Waals surface area contributed by atoms with Gasteiger partial charge in [-0.05, 0) is 74.2 Å². The summed E-state index contributed by atoms with van der Waals surface area (Å²) in [6, 6.07) is 14.2. The van der Waals surface area contributed by atoms with Crippen molar-refractivity contribution in [3.05, 3.63) is 64.9 Å². The van der Waals surface area contributed by atoms with Crippen LogP contribution in [0.2, 0.25) is 5.02 Å². The molecule has 1 unspecified atom stereocenters. The van der Waals surface area contributed by atoms with E-state index < -0.39 is 0 Å². The summed E-state index contributed by atoms with van der Waals surface area (Å²) < 4.78 is 13.2. The summed E-state index contributed by atoms with van der Waals surface area (Å²) in [6.45, 7) is 5.87. The quantitative estimate of drug-likeness (QED) is 0.690. The van der Waals surface area contributed by atoms with Crippen LogP contribution in [-0.4, -0.2) is 61.0 Å². The largest absolute Gasteiger partial charge is 0.369 e. The number of benzene rings is 2. The lowest BCUT2D eigenvalue weighted by Crippen LogP contribution is -2.49. The number of rotatable bonds is 5. The minimum atomic E-state index is -0.306. The summed E-state index contributed by atoms with van der Waals surface area (Å²) in [4.78, 5) is 19.9. The molecule has 0 saturated carbocycles. The van der Waals surface area contributed by atoms with Gasteiger partial charge in [-0.15, -0.1) is 0 Å². The Morgan fingerprint density at radius 2 is 1.63 bits per heavy atom. The number of piperazine rings is 1. The summed E-state index contributed by atoms with van der Waals surface area (Å²) in [6.07, 6.45) is 4.26. The van der Waals surface area contributed by atoms with E-state index in [1.807, 2.05) is 17.0 Å². The van der Waals surface area contributed by atoms with E-state index in [4.69, 9.17) is 11.6 Å². The number of halogens is 2. The number of hydrogen-bond acceptors (Lipinski definition) is 3. The molecule has 2 aliphatic rings. The Morgan fingerprint density at radius 1 is 0.933 bits per heavy atom. The van der Waals surface area contributed by atoms with Gasteiger partial charge in [0.15, 0.2) is 0 Å². The zero-order valence-electron chi connectivity index (χ0n) is 17.3. The summed E-state index contributed by atoms with van der Waals surface area (Å²) in [5.41, 5.74) is 1.81. The van der Waals surface area contributed by atoms with E-state index in [9.17, 15) is 9.18 Å². The normalized spacial score (nSPS) is 20.4. The van der Waals surface area contributed by atoms with Crippen molar-refractivity contribution < 1.29 is 9.18 Å². The number of piperidine rings is 1. The Balaban J connectivity index is 1.29. The molecule has 2 aliphatic heterocycles. The maximum absolute atomic E-state index is 13.2. The lowest BCUT2D eigenvalue weighted by atomic mass is 9.97. The number of anilines is 1. The second-order valence-electron chi connectivity index (χ2n) is 8.25. The van der Waals surface area contributed by atoms with Crippen molar-refractivity contribution in [2.75, 3.05) is 44.2 Å². The van der Waals surface area contributed by atoms with Crippen molar-refractivity contribution in [2.45, 2.75) is 31.7 Å². The van der Waals surface area contributed by atoms with Gasteiger partial charge in [0.2, 0.25) is 0 Å². The first kappa shape index (κ1) is 21.1. The minimum Gasteiger partial charge on any atom is -0.369 e.